The van der Waals surface area contributed by atoms with Gasteiger partial charge in [-0.25, -0.2) is 4.98 Å². The Balaban J connectivity index is 1.37. The zero-order valence-electron chi connectivity index (χ0n) is 20.0. The monoisotopic (exact) mass is 496 g/mol. The van der Waals surface area contributed by atoms with Crippen LogP contribution in [0.1, 0.15) is 35.5 Å². The van der Waals surface area contributed by atoms with Crippen molar-refractivity contribution in [3.8, 4) is 11.5 Å². The number of benzene rings is 1. The number of aryl methyl sites for hydroxylation is 1. The second-order valence-corrected chi connectivity index (χ2v) is 10.5. The van der Waals surface area contributed by atoms with Crippen molar-refractivity contribution < 1.29 is 19.1 Å². The van der Waals surface area contributed by atoms with E-state index in [1.54, 1.807) is 25.1 Å². The summed E-state index contributed by atoms with van der Waals surface area (Å²) in [4.78, 5) is 46.3. The van der Waals surface area contributed by atoms with Crippen LogP contribution in [0.25, 0.3) is 10.2 Å². The Bertz CT molecular complexity index is 1350. The Morgan fingerprint density at radius 3 is 2.60 bits per heavy atom. The highest BCUT2D eigenvalue weighted by molar-refractivity contribution is 7.20. The minimum absolute atomic E-state index is 0.0603. The lowest BCUT2D eigenvalue weighted by atomic mass is 9.92. The van der Waals surface area contributed by atoms with E-state index < -0.39 is 0 Å². The molecular weight excluding hydrogens is 468 g/mol. The first-order valence-electron chi connectivity index (χ1n) is 11.8. The maximum absolute atomic E-state index is 13.2. The molecule has 2 aromatic heterocycles. The zero-order valence-corrected chi connectivity index (χ0v) is 20.8. The molecule has 1 aromatic carbocycles. The molecular formula is C25H28N4O5S. The van der Waals surface area contributed by atoms with Crippen LogP contribution in [-0.4, -0.2) is 52.6 Å². The third-order valence-electron chi connectivity index (χ3n) is 6.45. The number of likely N-dealkylation sites (tertiary alicyclic amines) is 1. The van der Waals surface area contributed by atoms with E-state index in [1.165, 1.54) is 10.9 Å². The number of aromatic nitrogens is 2. The number of anilines is 1. The number of amides is 2. The summed E-state index contributed by atoms with van der Waals surface area (Å²) in [5.74, 6) is 1.68. The van der Waals surface area contributed by atoms with E-state index in [2.05, 4.69) is 24.1 Å². The van der Waals surface area contributed by atoms with Gasteiger partial charge in [0.25, 0.3) is 11.5 Å². The maximum Gasteiger partial charge on any atom is 0.266 e. The standard InChI is InChI=1S/C25H28N4O5S/c1-14-8-15(2)11-28(10-14)20(30)12-29-13-26-24-21(25(29)32)16(3)22(35-24)23(31)27-17-4-5-18-19(9-17)34-7-6-33-18/h4-5,9,13-15H,6-8,10-12H2,1-3H3,(H,27,31)/t14-,15-/m1/s1. The van der Waals surface area contributed by atoms with Gasteiger partial charge < -0.3 is 19.7 Å². The summed E-state index contributed by atoms with van der Waals surface area (Å²) in [6.45, 7) is 8.31. The van der Waals surface area contributed by atoms with Crippen molar-refractivity contribution >= 4 is 39.1 Å². The number of hydrogen-bond acceptors (Lipinski definition) is 7. The molecule has 4 heterocycles. The first-order valence-corrected chi connectivity index (χ1v) is 12.6. The van der Waals surface area contributed by atoms with Crippen LogP contribution < -0.4 is 20.3 Å². The number of rotatable bonds is 4. The molecule has 0 radical (unpaired) electrons. The van der Waals surface area contributed by atoms with Crippen LogP contribution in [0, 0.1) is 18.8 Å². The normalized spacial score (nSPS) is 19.6. The summed E-state index contributed by atoms with van der Waals surface area (Å²) >= 11 is 1.16. The second-order valence-electron chi connectivity index (χ2n) is 9.47. The minimum atomic E-state index is -0.333. The highest BCUT2D eigenvalue weighted by atomic mass is 32.1. The maximum atomic E-state index is 13.2. The van der Waals surface area contributed by atoms with Crippen LogP contribution in [-0.2, 0) is 11.3 Å². The van der Waals surface area contributed by atoms with Crippen molar-refractivity contribution in [2.24, 2.45) is 11.8 Å². The molecule has 0 unspecified atom stereocenters. The van der Waals surface area contributed by atoms with Gasteiger partial charge in [-0.1, -0.05) is 13.8 Å². The quantitative estimate of drug-likeness (QED) is 0.595. The van der Waals surface area contributed by atoms with E-state index in [1.807, 2.05) is 4.90 Å². The minimum Gasteiger partial charge on any atom is -0.486 e. The lowest BCUT2D eigenvalue weighted by Gasteiger charge is -2.35. The average molecular weight is 497 g/mol. The number of nitrogens with zero attached hydrogens (tertiary/aromatic N) is 3. The largest absolute Gasteiger partial charge is 0.486 e. The molecule has 0 saturated carbocycles. The van der Waals surface area contributed by atoms with E-state index in [-0.39, 0.29) is 23.9 Å². The van der Waals surface area contributed by atoms with Gasteiger partial charge in [-0.05, 0) is 42.9 Å². The van der Waals surface area contributed by atoms with Crippen LogP contribution in [0.5, 0.6) is 11.5 Å². The van der Waals surface area contributed by atoms with Crippen molar-refractivity contribution in [3.05, 3.63) is 45.3 Å². The molecule has 5 rings (SSSR count). The SMILES string of the molecule is Cc1c(C(=O)Nc2ccc3c(c2)OCCO3)sc2ncn(CC(=O)N3C[C@H](C)C[C@@H](C)C3)c(=O)c12. The highest BCUT2D eigenvalue weighted by Crippen LogP contribution is 2.33. The fraction of sp³-hybridized carbons (Fsp3) is 0.440. The van der Waals surface area contributed by atoms with Crippen LogP contribution in [0.3, 0.4) is 0 Å². The third-order valence-corrected chi connectivity index (χ3v) is 7.65. The van der Waals surface area contributed by atoms with Gasteiger partial charge in [-0.2, -0.15) is 0 Å². The van der Waals surface area contributed by atoms with Crippen LogP contribution >= 0.6 is 11.3 Å². The fourth-order valence-electron chi connectivity index (χ4n) is 4.91. The van der Waals surface area contributed by atoms with Crippen molar-refractivity contribution in [1.29, 1.82) is 0 Å². The topological polar surface area (TPSA) is 103 Å². The number of fused-ring (bicyclic) bond motifs is 2. The van der Waals surface area contributed by atoms with Gasteiger partial charge >= 0.3 is 0 Å². The lowest BCUT2D eigenvalue weighted by Crippen LogP contribution is -2.44. The molecule has 10 heteroatoms. The molecule has 1 saturated heterocycles. The number of hydrogen-bond donors (Lipinski definition) is 1. The van der Waals surface area contributed by atoms with Crippen LogP contribution in [0.2, 0.25) is 0 Å². The van der Waals surface area contributed by atoms with E-state index in [0.29, 0.717) is 76.0 Å². The summed E-state index contributed by atoms with van der Waals surface area (Å²) in [5.41, 5.74) is 0.810. The summed E-state index contributed by atoms with van der Waals surface area (Å²) in [6.07, 6.45) is 2.50. The number of thiophene rings is 1. The van der Waals surface area contributed by atoms with Gasteiger partial charge in [0.1, 0.15) is 24.6 Å². The summed E-state index contributed by atoms with van der Waals surface area (Å²) in [6, 6.07) is 5.21. The Labute approximate surface area is 206 Å². The predicted octanol–water partition coefficient (Wildman–Crippen LogP) is 3.29. The first kappa shape index (κ1) is 23.3. The molecule has 2 aliphatic heterocycles. The Hall–Kier alpha value is -3.40. The molecule has 0 bridgehead atoms. The average Bonchev–Trinajstić information content (AvgIpc) is 3.17. The van der Waals surface area contributed by atoms with E-state index in [9.17, 15) is 14.4 Å². The zero-order chi connectivity index (χ0) is 24.7. The number of piperidine rings is 1. The molecule has 1 fully saturated rings. The Morgan fingerprint density at radius 2 is 1.86 bits per heavy atom. The van der Waals surface area contributed by atoms with Crippen molar-refractivity contribution in [2.45, 2.75) is 33.7 Å². The molecule has 2 atom stereocenters. The first-order chi connectivity index (χ1) is 16.8. The van der Waals surface area contributed by atoms with E-state index in [4.69, 9.17) is 9.47 Å². The molecule has 1 N–H and O–H groups in total. The van der Waals surface area contributed by atoms with Gasteiger partial charge in [0.05, 0.1) is 16.6 Å². The van der Waals surface area contributed by atoms with Gasteiger partial charge in [-0.15, -0.1) is 11.3 Å². The fourth-order valence-corrected chi connectivity index (χ4v) is 5.94. The van der Waals surface area contributed by atoms with Gasteiger partial charge in [-0.3, -0.25) is 19.0 Å². The number of carbonyl (C=O) groups is 2. The molecule has 9 nitrogen and oxygen atoms in total. The van der Waals surface area contributed by atoms with Gasteiger partial charge in [0, 0.05) is 24.8 Å². The lowest BCUT2D eigenvalue weighted by molar-refractivity contribution is -0.134. The molecule has 35 heavy (non-hydrogen) atoms. The molecule has 2 amide bonds. The van der Waals surface area contributed by atoms with Crippen molar-refractivity contribution in [3.63, 3.8) is 0 Å². The molecule has 2 aliphatic rings. The summed E-state index contributed by atoms with van der Waals surface area (Å²) in [7, 11) is 0. The van der Waals surface area contributed by atoms with Crippen LogP contribution in [0.4, 0.5) is 5.69 Å². The molecule has 184 valence electrons. The Morgan fingerprint density at radius 1 is 1.14 bits per heavy atom. The van der Waals surface area contributed by atoms with Crippen molar-refractivity contribution in [2.75, 3.05) is 31.6 Å². The van der Waals surface area contributed by atoms with Gasteiger partial charge in [0.2, 0.25) is 5.91 Å². The molecule has 0 spiro atoms. The third kappa shape index (κ3) is 4.62. The van der Waals surface area contributed by atoms with Gasteiger partial charge in [0.15, 0.2) is 11.5 Å². The van der Waals surface area contributed by atoms with Crippen LogP contribution in [0.15, 0.2) is 29.3 Å². The van der Waals surface area contributed by atoms with E-state index in [0.717, 1.165) is 17.8 Å². The smallest absolute Gasteiger partial charge is 0.266 e. The Kier molecular flexibility index (Phi) is 6.22. The number of ether oxygens (including phenoxy) is 2. The predicted molar refractivity (Wildman–Crippen MR) is 134 cm³/mol. The molecule has 0 aliphatic carbocycles. The molecule has 3 aromatic rings. The summed E-state index contributed by atoms with van der Waals surface area (Å²) in [5, 5.41) is 3.24. The highest BCUT2D eigenvalue weighted by Gasteiger charge is 2.26. The number of nitrogens with one attached hydrogen (secondary N) is 1. The summed E-state index contributed by atoms with van der Waals surface area (Å²) < 4.78 is 12.4. The second kappa shape index (κ2) is 9.33. The number of carbonyl (C=O) groups excluding carboxylic acids is 2. The van der Waals surface area contributed by atoms with Crippen molar-refractivity contribution in [1.82, 2.24) is 14.5 Å². The van der Waals surface area contributed by atoms with E-state index >= 15 is 0 Å².